The van der Waals surface area contributed by atoms with Gasteiger partial charge in [0.25, 0.3) is 0 Å². The molecule has 0 aromatic heterocycles. The standard InChI is InChI=1S/C32H32N2O3/c35-30-21-20-27(25-14-7-4-8-15-25)23-29(30)34-32(37)19-10-2-1-9-18-31(36)33-28-17-11-16-26(22-28)24-12-5-3-6-13-24/h3-8,11-17,20-23,35H,1-2,9-10,18-19H2,(H,33,36)(H,34,37). The summed E-state index contributed by atoms with van der Waals surface area (Å²) >= 11 is 0. The van der Waals surface area contributed by atoms with Crippen molar-refractivity contribution >= 4 is 23.2 Å². The van der Waals surface area contributed by atoms with Crippen molar-refractivity contribution in [3.8, 4) is 28.0 Å². The maximum Gasteiger partial charge on any atom is 0.224 e. The molecule has 4 rings (SSSR count). The first-order valence-electron chi connectivity index (χ1n) is 12.7. The predicted octanol–water partition coefficient (Wildman–Crippen LogP) is 7.64. The fourth-order valence-electron chi connectivity index (χ4n) is 4.21. The number of rotatable bonds is 11. The first-order chi connectivity index (χ1) is 18.1. The third-order valence-electron chi connectivity index (χ3n) is 6.19. The van der Waals surface area contributed by atoms with Gasteiger partial charge in [-0.05, 0) is 59.4 Å². The van der Waals surface area contributed by atoms with Crippen LogP contribution in [0.25, 0.3) is 22.3 Å². The van der Waals surface area contributed by atoms with Crippen molar-refractivity contribution in [2.75, 3.05) is 10.6 Å². The Hall–Kier alpha value is -4.38. The van der Waals surface area contributed by atoms with Crippen LogP contribution in [-0.4, -0.2) is 16.9 Å². The summed E-state index contributed by atoms with van der Waals surface area (Å²) in [6.45, 7) is 0. The number of aromatic hydroxyl groups is 1. The van der Waals surface area contributed by atoms with Crippen molar-refractivity contribution in [2.24, 2.45) is 0 Å². The smallest absolute Gasteiger partial charge is 0.224 e. The number of phenolic OH excluding ortho intramolecular Hbond substituents is 1. The Morgan fingerprint density at radius 1 is 0.541 bits per heavy atom. The van der Waals surface area contributed by atoms with E-state index in [1.807, 2.05) is 91.0 Å². The van der Waals surface area contributed by atoms with Crippen LogP contribution >= 0.6 is 0 Å². The number of carbonyl (C=O) groups excluding carboxylic acids is 2. The fraction of sp³-hybridized carbons (Fsp3) is 0.188. The second-order valence-corrected chi connectivity index (χ2v) is 9.06. The van der Waals surface area contributed by atoms with Crippen LogP contribution < -0.4 is 10.6 Å². The third-order valence-corrected chi connectivity index (χ3v) is 6.19. The molecule has 4 aromatic carbocycles. The minimum Gasteiger partial charge on any atom is -0.506 e. The van der Waals surface area contributed by atoms with E-state index in [0.717, 1.165) is 53.6 Å². The number of unbranched alkanes of at least 4 members (excludes halogenated alkanes) is 3. The molecule has 0 spiro atoms. The number of anilines is 2. The van der Waals surface area contributed by atoms with Gasteiger partial charge in [-0.25, -0.2) is 0 Å². The molecule has 3 N–H and O–H groups in total. The van der Waals surface area contributed by atoms with Crippen molar-refractivity contribution in [1.29, 1.82) is 0 Å². The summed E-state index contributed by atoms with van der Waals surface area (Å²) in [5.41, 5.74) is 5.34. The van der Waals surface area contributed by atoms with Crippen LogP contribution in [0.3, 0.4) is 0 Å². The molecule has 5 nitrogen and oxygen atoms in total. The van der Waals surface area contributed by atoms with Crippen LogP contribution in [0, 0.1) is 0 Å². The van der Waals surface area contributed by atoms with Gasteiger partial charge in [0.15, 0.2) is 0 Å². The number of hydrogen-bond acceptors (Lipinski definition) is 3. The first kappa shape index (κ1) is 25.7. The van der Waals surface area contributed by atoms with Gasteiger partial charge in [-0.3, -0.25) is 9.59 Å². The zero-order valence-corrected chi connectivity index (χ0v) is 20.8. The summed E-state index contributed by atoms with van der Waals surface area (Å²) in [6, 6.07) is 33.0. The summed E-state index contributed by atoms with van der Waals surface area (Å²) in [5, 5.41) is 16.0. The van der Waals surface area contributed by atoms with E-state index in [1.165, 1.54) is 0 Å². The first-order valence-corrected chi connectivity index (χ1v) is 12.7. The Bertz CT molecular complexity index is 1320. The quantitative estimate of drug-likeness (QED) is 0.149. The summed E-state index contributed by atoms with van der Waals surface area (Å²) in [7, 11) is 0. The summed E-state index contributed by atoms with van der Waals surface area (Å²) in [4.78, 5) is 24.8. The molecule has 37 heavy (non-hydrogen) atoms. The van der Waals surface area contributed by atoms with Crippen molar-refractivity contribution in [2.45, 2.75) is 38.5 Å². The molecule has 0 aliphatic heterocycles. The van der Waals surface area contributed by atoms with E-state index in [4.69, 9.17) is 0 Å². The average Bonchev–Trinajstić information content (AvgIpc) is 2.93. The molecule has 0 saturated carbocycles. The SMILES string of the molecule is O=C(CCCCCCC(=O)Nc1cc(-c2ccccc2)ccc1O)Nc1cccc(-c2ccccc2)c1. The number of amides is 2. The van der Waals surface area contributed by atoms with Crippen LogP contribution in [0.4, 0.5) is 11.4 Å². The summed E-state index contributed by atoms with van der Waals surface area (Å²) < 4.78 is 0. The van der Waals surface area contributed by atoms with E-state index >= 15 is 0 Å². The van der Waals surface area contributed by atoms with Gasteiger partial charge in [0.2, 0.25) is 11.8 Å². The molecule has 0 bridgehead atoms. The largest absolute Gasteiger partial charge is 0.506 e. The second-order valence-electron chi connectivity index (χ2n) is 9.06. The van der Waals surface area contributed by atoms with Gasteiger partial charge in [0.1, 0.15) is 5.75 Å². The lowest BCUT2D eigenvalue weighted by Gasteiger charge is -2.10. The highest BCUT2D eigenvalue weighted by Crippen LogP contribution is 2.30. The zero-order valence-electron chi connectivity index (χ0n) is 20.8. The second kappa shape index (κ2) is 13.1. The highest BCUT2D eigenvalue weighted by atomic mass is 16.3. The van der Waals surface area contributed by atoms with Gasteiger partial charge >= 0.3 is 0 Å². The van der Waals surface area contributed by atoms with Crippen LogP contribution in [0.2, 0.25) is 0 Å². The lowest BCUT2D eigenvalue weighted by molar-refractivity contribution is -0.117. The molecule has 0 saturated heterocycles. The van der Waals surface area contributed by atoms with Crippen molar-refractivity contribution in [3.63, 3.8) is 0 Å². The van der Waals surface area contributed by atoms with Gasteiger partial charge in [-0.1, -0.05) is 91.7 Å². The maximum atomic E-state index is 12.4. The van der Waals surface area contributed by atoms with Gasteiger partial charge in [0.05, 0.1) is 5.69 Å². The monoisotopic (exact) mass is 492 g/mol. The lowest BCUT2D eigenvalue weighted by atomic mass is 10.0. The highest BCUT2D eigenvalue weighted by Gasteiger charge is 2.09. The Labute approximate surface area is 218 Å². The van der Waals surface area contributed by atoms with E-state index in [2.05, 4.69) is 10.6 Å². The molecule has 188 valence electrons. The van der Waals surface area contributed by atoms with E-state index in [-0.39, 0.29) is 17.6 Å². The van der Waals surface area contributed by atoms with Crippen molar-refractivity contribution in [1.82, 2.24) is 0 Å². The topological polar surface area (TPSA) is 78.4 Å². The molecule has 0 heterocycles. The summed E-state index contributed by atoms with van der Waals surface area (Å²) in [6.07, 6.45) is 4.05. The van der Waals surface area contributed by atoms with Crippen molar-refractivity contribution in [3.05, 3.63) is 103 Å². The normalized spacial score (nSPS) is 10.6. The third kappa shape index (κ3) is 7.80. The molecule has 4 aromatic rings. The van der Waals surface area contributed by atoms with Crippen LogP contribution in [-0.2, 0) is 9.59 Å². The molecule has 0 atom stereocenters. The highest BCUT2D eigenvalue weighted by molar-refractivity contribution is 5.93. The van der Waals surface area contributed by atoms with Gasteiger partial charge in [-0.2, -0.15) is 0 Å². The lowest BCUT2D eigenvalue weighted by Crippen LogP contribution is -2.12. The van der Waals surface area contributed by atoms with E-state index in [0.29, 0.717) is 18.5 Å². The van der Waals surface area contributed by atoms with Gasteiger partial charge < -0.3 is 15.7 Å². The molecule has 0 aliphatic carbocycles. The number of phenols is 1. The fourth-order valence-corrected chi connectivity index (χ4v) is 4.21. The minimum absolute atomic E-state index is 0.00303. The Kier molecular flexibility index (Phi) is 9.08. The number of carbonyl (C=O) groups is 2. The molecular formula is C32H32N2O3. The zero-order chi connectivity index (χ0) is 25.9. The van der Waals surface area contributed by atoms with Crippen LogP contribution in [0.5, 0.6) is 5.75 Å². The molecule has 2 amide bonds. The minimum atomic E-state index is -0.128. The van der Waals surface area contributed by atoms with E-state index in [9.17, 15) is 14.7 Å². The number of nitrogens with one attached hydrogen (secondary N) is 2. The van der Waals surface area contributed by atoms with E-state index < -0.39 is 0 Å². The van der Waals surface area contributed by atoms with E-state index in [1.54, 1.807) is 12.1 Å². The predicted molar refractivity (Wildman–Crippen MR) is 150 cm³/mol. The Morgan fingerprint density at radius 2 is 1.08 bits per heavy atom. The molecular weight excluding hydrogens is 460 g/mol. The van der Waals surface area contributed by atoms with Crippen LogP contribution in [0.15, 0.2) is 103 Å². The molecule has 0 unspecified atom stereocenters. The summed E-state index contributed by atoms with van der Waals surface area (Å²) in [5.74, 6) is -0.0818. The average molecular weight is 493 g/mol. The maximum absolute atomic E-state index is 12.4. The number of hydrogen-bond donors (Lipinski definition) is 3. The molecule has 5 heteroatoms. The molecule has 0 radical (unpaired) electrons. The van der Waals surface area contributed by atoms with Gasteiger partial charge in [0, 0.05) is 18.5 Å². The number of benzene rings is 4. The molecule has 0 fully saturated rings. The molecule has 0 aliphatic rings. The van der Waals surface area contributed by atoms with Gasteiger partial charge in [-0.15, -0.1) is 0 Å². The Morgan fingerprint density at radius 3 is 1.70 bits per heavy atom. The van der Waals surface area contributed by atoms with Crippen molar-refractivity contribution < 1.29 is 14.7 Å². The Balaban J connectivity index is 1.15. The van der Waals surface area contributed by atoms with Crippen LogP contribution in [0.1, 0.15) is 38.5 Å².